The van der Waals surface area contributed by atoms with Gasteiger partial charge >= 0.3 is 0 Å². The minimum Gasteiger partial charge on any atom is -0.321 e. The van der Waals surface area contributed by atoms with Gasteiger partial charge in [-0.3, -0.25) is 4.79 Å². The van der Waals surface area contributed by atoms with E-state index in [0.717, 1.165) is 19.6 Å². The first kappa shape index (κ1) is 14.5. The first-order valence-electron chi connectivity index (χ1n) is 5.98. The summed E-state index contributed by atoms with van der Waals surface area (Å²) in [7, 11) is 0. The molecule has 0 aliphatic heterocycles. The molecular formula is C14H9Br2N3OS. The van der Waals surface area contributed by atoms with E-state index in [-0.39, 0.29) is 5.91 Å². The molecule has 0 aliphatic carbocycles. The standard InChI is InChI=1S/C14H9Br2N3OS/c15-11-7-12(21-13(11)16)14(20)18-9-2-1-3-10(6-9)19-5-4-17-8-19/h1-8H,(H,18,20). The van der Waals surface area contributed by atoms with Crippen LogP contribution < -0.4 is 5.32 Å². The predicted octanol–water partition coefficient (Wildman–Crippen LogP) is 4.71. The van der Waals surface area contributed by atoms with Crippen molar-refractivity contribution in [2.24, 2.45) is 0 Å². The van der Waals surface area contributed by atoms with Crippen molar-refractivity contribution in [1.29, 1.82) is 0 Å². The van der Waals surface area contributed by atoms with Gasteiger partial charge in [-0.2, -0.15) is 0 Å². The number of halogens is 2. The van der Waals surface area contributed by atoms with E-state index in [9.17, 15) is 4.79 Å². The molecule has 3 aromatic rings. The van der Waals surface area contributed by atoms with Gasteiger partial charge in [-0.15, -0.1) is 11.3 Å². The van der Waals surface area contributed by atoms with Gasteiger partial charge in [0.05, 0.1) is 15.0 Å². The van der Waals surface area contributed by atoms with Crippen molar-refractivity contribution >= 4 is 54.8 Å². The van der Waals surface area contributed by atoms with Crippen molar-refractivity contribution in [2.75, 3.05) is 5.32 Å². The number of anilines is 1. The van der Waals surface area contributed by atoms with Crippen LogP contribution in [-0.4, -0.2) is 15.5 Å². The molecule has 7 heteroatoms. The Morgan fingerprint density at radius 1 is 1.29 bits per heavy atom. The Hall–Kier alpha value is -1.44. The molecule has 1 N–H and O–H groups in total. The summed E-state index contributed by atoms with van der Waals surface area (Å²) in [4.78, 5) is 16.9. The van der Waals surface area contributed by atoms with Crippen LogP contribution in [0.3, 0.4) is 0 Å². The molecule has 0 unspecified atom stereocenters. The normalized spacial score (nSPS) is 10.6. The average molecular weight is 427 g/mol. The molecule has 0 atom stereocenters. The van der Waals surface area contributed by atoms with Crippen LogP contribution in [0.15, 0.2) is 57.3 Å². The summed E-state index contributed by atoms with van der Waals surface area (Å²) in [5.41, 5.74) is 1.69. The smallest absolute Gasteiger partial charge is 0.265 e. The van der Waals surface area contributed by atoms with Crippen LogP contribution in [0.1, 0.15) is 9.67 Å². The third-order valence-corrected chi connectivity index (χ3v) is 6.03. The van der Waals surface area contributed by atoms with Crippen LogP contribution in [0.2, 0.25) is 0 Å². The number of hydrogen-bond acceptors (Lipinski definition) is 3. The number of hydrogen-bond donors (Lipinski definition) is 1. The van der Waals surface area contributed by atoms with Crippen LogP contribution in [0.4, 0.5) is 5.69 Å². The minimum atomic E-state index is -0.130. The van der Waals surface area contributed by atoms with Gasteiger partial charge in [0.15, 0.2) is 0 Å². The van der Waals surface area contributed by atoms with Gasteiger partial charge in [-0.25, -0.2) is 4.98 Å². The van der Waals surface area contributed by atoms with Crippen molar-refractivity contribution in [3.63, 3.8) is 0 Å². The van der Waals surface area contributed by atoms with Gasteiger partial charge in [0.1, 0.15) is 0 Å². The van der Waals surface area contributed by atoms with Gasteiger partial charge < -0.3 is 9.88 Å². The second-order valence-corrected chi connectivity index (χ2v) is 7.43. The summed E-state index contributed by atoms with van der Waals surface area (Å²) in [6.45, 7) is 0. The Morgan fingerprint density at radius 3 is 2.81 bits per heavy atom. The maximum atomic E-state index is 12.2. The summed E-state index contributed by atoms with van der Waals surface area (Å²) in [5.74, 6) is -0.130. The summed E-state index contributed by atoms with van der Waals surface area (Å²) in [6.07, 6.45) is 5.29. The average Bonchev–Trinajstić information content (AvgIpc) is 3.10. The number of thiophene rings is 1. The highest BCUT2D eigenvalue weighted by Gasteiger charge is 2.12. The molecule has 2 heterocycles. The van der Waals surface area contributed by atoms with Crippen molar-refractivity contribution in [1.82, 2.24) is 9.55 Å². The Kier molecular flexibility index (Phi) is 4.23. The van der Waals surface area contributed by atoms with Gasteiger partial charge in [0.25, 0.3) is 5.91 Å². The first-order chi connectivity index (χ1) is 10.1. The lowest BCUT2D eigenvalue weighted by molar-refractivity contribution is 0.103. The lowest BCUT2D eigenvalue weighted by Gasteiger charge is -2.07. The molecule has 106 valence electrons. The fourth-order valence-electron chi connectivity index (χ4n) is 1.81. The van der Waals surface area contributed by atoms with E-state index in [4.69, 9.17) is 0 Å². The summed E-state index contributed by atoms with van der Waals surface area (Å²) < 4.78 is 3.66. The molecule has 1 amide bonds. The fourth-order valence-corrected chi connectivity index (χ4v) is 3.74. The van der Waals surface area contributed by atoms with Crippen molar-refractivity contribution in [3.05, 3.63) is 62.2 Å². The van der Waals surface area contributed by atoms with E-state index >= 15 is 0 Å². The van der Waals surface area contributed by atoms with E-state index in [1.165, 1.54) is 11.3 Å². The Bertz CT molecular complexity index is 764. The van der Waals surface area contributed by atoms with E-state index < -0.39 is 0 Å². The fraction of sp³-hybridized carbons (Fsp3) is 0. The highest BCUT2D eigenvalue weighted by Crippen LogP contribution is 2.32. The van der Waals surface area contributed by atoms with E-state index in [1.807, 2.05) is 35.0 Å². The Balaban J connectivity index is 1.82. The van der Waals surface area contributed by atoms with Crippen LogP contribution in [0.25, 0.3) is 5.69 Å². The second kappa shape index (κ2) is 6.13. The molecule has 0 spiro atoms. The maximum Gasteiger partial charge on any atom is 0.265 e. The van der Waals surface area contributed by atoms with Gasteiger partial charge in [-0.1, -0.05) is 6.07 Å². The molecule has 0 saturated carbocycles. The zero-order valence-corrected chi connectivity index (χ0v) is 14.6. The number of carbonyl (C=O) groups excluding carboxylic acids is 1. The monoisotopic (exact) mass is 425 g/mol. The van der Waals surface area contributed by atoms with Crippen LogP contribution in [0, 0.1) is 0 Å². The lowest BCUT2D eigenvalue weighted by atomic mass is 10.2. The molecule has 1 aromatic carbocycles. The summed E-state index contributed by atoms with van der Waals surface area (Å²) in [5, 5.41) is 2.90. The summed E-state index contributed by atoms with van der Waals surface area (Å²) in [6, 6.07) is 9.40. The van der Waals surface area contributed by atoms with Gasteiger partial charge in [0, 0.05) is 28.2 Å². The number of nitrogens with zero attached hydrogens (tertiary/aromatic N) is 2. The topological polar surface area (TPSA) is 46.9 Å². The molecular weight excluding hydrogens is 418 g/mol. The zero-order chi connectivity index (χ0) is 14.8. The molecule has 21 heavy (non-hydrogen) atoms. The number of benzene rings is 1. The number of amides is 1. The molecule has 0 fully saturated rings. The molecule has 0 saturated heterocycles. The third-order valence-electron chi connectivity index (χ3n) is 2.78. The summed E-state index contributed by atoms with van der Waals surface area (Å²) >= 11 is 8.16. The highest BCUT2D eigenvalue weighted by atomic mass is 79.9. The predicted molar refractivity (Wildman–Crippen MR) is 91.2 cm³/mol. The highest BCUT2D eigenvalue weighted by molar-refractivity contribution is 9.13. The first-order valence-corrected chi connectivity index (χ1v) is 8.38. The second-order valence-electron chi connectivity index (χ2n) is 4.21. The van der Waals surface area contributed by atoms with Crippen molar-refractivity contribution in [2.45, 2.75) is 0 Å². The van der Waals surface area contributed by atoms with Crippen LogP contribution in [0.5, 0.6) is 0 Å². The Morgan fingerprint density at radius 2 is 2.14 bits per heavy atom. The quantitative estimate of drug-likeness (QED) is 0.659. The minimum absolute atomic E-state index is 0.130. The third kappa shape index (κ3) is 3.25. The lowest BCUT2D eigenvalue weighted by Crippen LogP contribution is -2.10. The van der Waals surface area contributed by atoms with Gasteiger partial charge in [0.2, 0.25) is 0 Å². The van der Waals surface area contributed by atoms with Crippen LogP contribution in [-0.2, 0) is 0 Å². The number of rotatable bonds is 3. The van der Waals surface area contributed by atoms with E-state index in [1.54, 1.807) is 18.6 Å². The largest absolute Gasteiger partial charge is 0.321 e. The number of imidazole rings is 1. The molecule has 4 nitrogen and oxygen atoms in total. The zero-order valence-electron chi connectivity index (χ0n) is 10.6. The SMILES string of the molecule is O=C(Nc1cccc(-n2ccnc2)c1)c1cc(Br)c(Br)s1. The molecule has 3 rings (SSSR count). The van der Waals surface area contributed by atoms with E-state index in [2.05, 4.69) is 42.2 Å². The van der Waals surface area contributed by atoms with Crippen molar-refractivity contribution < 1.29 is 4.79 Å². The number of nitrogens with one attached hydrogen (secondary N) is 1. The molecule has 0 aliphatic rings. The Labute approximate surface area is 142 Å². The van der Waals surface area contributed by atoms with Gasteiger partial charge in [-0.05, 0) is 56.1 Å². The number of carbonyl (C=O) groups is 1. The van der Waals surface area contributed by atoms with E-state index in [0.29, 0.717) is 4.88 Å². The molecule has 0 radical (unpaired) electrons. The number of aromatic nitrogens is 2. The maximum absolute atomic E-state index is 12.2. The molecule has 0 bridgehead atoms. The molecule has 2 aromatic heterocycles. The van der Waals surface area contributed by atoms with Crippen molar-refractivity contribution in [3.8, 4) is 5.69 Å². The van der Waals surface area contributed by atoms with Crippen LogP contribution >= 0.6 is 43.2 Å².